The van der Waals surface area contributed by atoms with Gasteiger partial charge >= 0.3 is 0 Å². The van der Waals surface area contributed by atoms with Gasteiger partial charge in [-0.25, -0.2) is 13.8 Å². The first-order valence-electron chi connectivity index (χ1n) is 9.20. The number of para-hydroxylation sites is 1. The Kier molecular flexibility index (Phi) is 7.73. The van der Waals surface area contributed by atoms with Crippen LogP contribution in [0.2, 0.25) is 5.02 Å². The summed E-state index contributed by atoms with van der Waals surface area (Å²) < 4.78 is 27.4. The number of rotatable bonds is 8. The van der Waals surface area contributed by atoms with Gasteiger partial charge in [0.05, 0.1) is 21.8 Å². The molecule has 160 valence electrons. The lowest BCUT2D eigenvalue weighted by Crippen LogP contribution is -2.39. The molecule has 0 aliphatic carbocycles. The van der Waals surface area contributed by atoms with E-state index in [-0.39, 0.29) is 15.6 Å². The van der Waals surface area contributed by atoms with Crippen molar-refractivity contribution >= 4 is 51.2 Å². The number of carbonyl (C=O) groups is 1. The van der Waals surface area contributed by atoms with Crippen LogP contribution in [0.5, 0.6) is 0 Å². The van der Waals surface area contributed by atoms with Crippen LogP contribution in [0.1, 0.15) is 5.56 Å². The maximum atomic E-state index is 13.2. The lowest BCUT2D eigenvalue weighted by Gasteiger charge is -2.24. The number of amides is 1. The maximum absolute atomic E-state index is 13.2. The highest BCUT2D eigenvalue weighted by molar-refractivity contribution is 7.98. The van der Waals surface area contributed by atoms with E-state index in [4.69, 9.17) is 11.6 Å². The summed E-state index contributed by atoms with van der Waals surface area (Å²) >= 11 is 7.86. The van der Waals surface area contributed by atoms with Gasteiger partial charge in [-0.15, -0.1) is 11.8 Å². The monoisotopic (exact) mass is 473 g/mol. The molecule has 0 heterocycles. The molecule has 3 rings (SSSR count). The number of hydrogen-bond donors (Lipinski definition) is 1. The van der Waals surface area contributed by atoms with Gasteiger partial charge < -0.3 is 0 Å². The van der Waals surface area contributed by atoms with Crippen LogP contribution in [-0.4, -0.2) is 33.3 Å². The largest absolute Gasteiger partial charge is 0.271 e. The Bertz CT molecular complexity index is 1170. The number of hydrogen-bond acceptors (Lipinski definition) is 5. The summed E-state index contributed by atoms with van der Waals surface area (Å²) in [7, 11) is -4.02. The summed E-state index contributed by atoms with van der Waals surface area (Å²) in [6.45, 7) is -0.482. The van der Waals surface area contributed by atoms with E-state index >= 15 is 0 Å². The molecular formula is C22H20ClN3O3S2. The first-order chi connectivity index (χ1) is 14.9. The van der Waals surface area contributed by atoms with Gasteiger partial charge in [-0.3, -0.25) is 9.10 Å². The number of halogens is 1. The first kappa shape index (κ1) is 22.9. The highest BCUT2D eigenvalue weighted by Crippen LogP contribution is 2.30. The molecule has 3 aromatic rings. The van der Waals surface area contributed by atoms with Crippen LogP contribution in [0.15, 0.2) is 93.8 Å². The molecule has 1 amide bonds. The first-order valence-corrected chi connectivity index (χ1v) is 12.2. The minimum absolute atomic E-state index is 0.0557. The molecule has 0 aromatic heterocycles. The zero-order valence-corrected chi connectivity index (χ0v) is 19.0. The lowest BCUT2D eigenvalue weighted by molar-refractivity contribution is -0.119. The molecule has 0 atom stereocenters. The van der Waals surface area contributed by atoms with Gasteiger partial charge in [-0.05, 0) is 48.2 Å². The van der Waals surface area contributed by atoms with Gasteiger partial charge in [0.2, 0.25) is 0 Å². The zero-order valence-electron chi connectivity index (χ0n) is 16.6. The van der Waals surface area contributed by atoms with Crippen molar-refractivity contribution in [3.8, 4) is 0 Å². The molecule has 1 N–H and O–H groups in total. The minimum Gasteiger partial charge on any atom is -0.271 e. The van der Waals surface area contributed by atoms with Crippen molar-refractivity contribution in [2.75, 3.05) is 17.1 Å². The Labute approximate surface area is 191 Å². The van der Waals surface area contributed by atoms with Gasteiger partial charge in [0.1, 0.15) is 6.54 Å². The molecule has 9 heteroatoms. The van der Waals surface area contributed by atoms with Crippen molar-refractivity contribution in [2.24, 2.45) is 5.10 Å². The predicted octanol–water partition coefficient (Wildman–Crippen LogP) is 4.41. The Morgan fingerprint density at radius 1 is 1.03 bits per heavy atom. The Morgan fingerprint density at radius 3 is 2.32 bits per heavy atom. The number of benzene rings is 3. The summed E-state index contributed by atoms with van der Waals surface area (Å²) in [5, 5.41) is 4.15. The fourth-order valence-electron chi connectivity index (χ4n) is 2.71. The van der Waals surface area contributed by atoms with E-state index in [1.807, 2.05) is 30.5 Å². The van der Waals surface area contributed by atoms with Crippen LogP contribution < -0.4 is 9.73 Å². The SMILES string of the molecule is CSc1ccc(/C=N\NC(=O)CN(c2ccccc2Cl)S(=O)(=O)c2ccccc2)cc1. The summed E-state index contributed by atoms with van der Waals surface area (Å²) in [6, 6.07) is 22.0. The molecule has 3 aromatic carbocycles. The second-order valence-electron chi connectivity index (χ2n) is 6.34. The van der Waals surface area contributed by atoms with Crippen molar-refractivity contribution in [2.45, 2.75) is 9.79 Å². The number of carbonyl (C=O) groups excluding carboxylic acids is 1. The molecule has 0 fully saturated rings. The number of nitrogens with one attached hydrogen (secondary N) is 1. The van der Waals surface area contributed by atoms with Gasteiger partial charge in [-0.2, -0.15) is 5.10 Å². The van der Waals surface area contributed by atoms with Crippen molar-refractivity contribution in [1.82, 2.24) is 5.43 Å². The van der Waals surface area contributed by atoms with Gasteiger partial charge in [0.25, 0.3) is 15.9 Å². The van der Waals surface area contributed by atoms with Crippen LogP contribution in [-0.2, 0) is 14.8 Å². The van der Waals surface area contributed by atoms with E-state index in [1.165, 1.54) is 18.3 Å². The third-order valence-corrected chi connectivity index (χ3v) is 7.10. The van der Waals surface area contributed by atoms with Crippen LogP contribution in [0.3, 0.4) is 0 Å². The molecule has 6 nitrogen and oxygen atoms in total. The number of hydrazone groups is 1. The Balaban J connectivity index is 1.81. The second-order valence-corrected chi connectivity index (χ2v) is 9.49. The van der Waals surface area contributed by atoms with Gasteiger partial charge in [0.15, 0.2) is 0 Å². The molecule has 0 unspecified atom stereocenters. The minimum atomic E-state index is -4.02. The molecule has 0 saturated carbocycles. The van der Waals surface area contributed by atoms with Crippen LogP contribution in [0.25, 0.3) is 0 Å². The van der Waals surface area contributed by atoms with Crippen molar-refractivity contribution in [1.29, 1.82) is 0 Å². The lowest BCUT2D eigenvalue weighted by atomic mass is 10.2. The van der Waals surface area contributed by atoms with E-state index in [1.54, 1.807) is 54.2 Å². The third kappa shape index (κ3) is 5.88. The maximum Gasteiger partial charge on any atom is 0.264 e. The summed E-state index contributed by atoms with van der Waals surface area (Å²) in [6.07, 6.45) is 3.48. The van der Waals surface area contributed by atoms with E-state index in [2.05, 4.69) is 10.5 Å². The fourth-order valence-corrected chi connectivity index (χ4v) is 4.86. The average Bonchev–Trinajstić information content (AvgIpc) is 2.79. The predicted molar refractivity (Wildman–Crippen MR) is 126 cm³/mol. The zero-order chi connectivity index (χ0) is 22.3. The molecular weight excluding hydrogens is 454 g/mol. The molecule has 0 radical (unpaired) electrons. The van der Waals surface area contributed by atoms with Crippen molar-refractivity contribution < 1.29 is 13.2 Å². The topological polar surface area (TPSA) is 78.8 Å². The molecule has 0 aliphatic heterocycles. The number of nitrogens with zero attached hydrogens (tertiary/aromatic N) is 2. The van der Waals surface area contributed by atoms with Crippen molar-refractivity contribution in [3.05, 3.63) is 89.4 Å². The van der Waals surface area contributed by atoms with Crippen LogP contribution in [0.4, 0.5) is 5.69 Å². The summed E-state index contributed by atoms with van der Waals surface area (Å²) in [5.41, 5.74) is 3.39. The molecule has 0 aliphatic rings. The van der Waals surface area contributed by atoms with Gasteiger partial charge in [0, 0.05) is 4.90 Å². The summed E-state index contributed by atoms with van der Waals surface area (Å²) in [4.78, 5) is 13.7. The molecule has 0 spiro atoms. The number of anilines is 1. The van der Waals surface area contributed by atoms with E-state index < -0.39 is 22.5 Å². The fraction of sp³-hybridized carbons (Fsp3) is 0.0909. The molecule has 0 bridgehead atoms. The highest BCUT2D eigenvalue weighted by Gasteiger charge is 2.28. The van der Waals surface area contributed by atoms with E-state index in [9.17, 15) is 13.2 Å². The summed E-state index contributed by atoms with van der Waals surface area (Å²) in [5.74, 6) is -0.601. The smallest absolute Gasteiger partial charge is 0.264 e. The standard InChI is InChI=1S/C22H20ClN3O3S2/c1-30-18-13-11-17(12-14-18)15-24-25-22(27)16-26(21-10-6-5-9-20(21)23)31(28,29)19-7-3-2-4-8-19/h2-15H,16H2,1H3,(H,25,27)/b24-15-. The Morgan fingerprint density at radius 2 is 1.68 bits per heavy atom. The Hall–Kier alpha value is -2.81. The van der Waals surface area contributed by atoms with E-state index in [0.717, 1.165) is 14.8 Å². The van der Waals surface area contributed by atoms with Gasteiger partial charge in [-0.1, -0.05) is 54.1 Å². The van der Waals surface area contributed by atoms with Crippen LogP contribution in [0, 0.1) is 0 Å². The normalized spacial score (nSPS) is 11.4. The highest BCUT2D eigenvalue weighted by atomic mass is 35.5. The third-order valence-electron chi connectivity index (χ3n) is 4.26. The second kappa shape index (κ2) is 10.5. The number of sulfonamides is 1. The van der Waals surface area contributed by atoms with Crippen LogP contribution >= 0.6 is 23.4 Å². The average molecular weight is 474 g/mol. The van der Waals surface area contributed by atoms with Crippen molar-refractivity contribution in [3.63, 3.8) is 0 Å². The van der Waals surface area contributed by atoms with E-state index in [0.29, 0.717) is 0 Å². The molecule has 31 heavy (non-hydrogen) atoms. The number of thioether (sulfide) groups is 1. The molecule has 0 saturated heterocycles. The quantitative estimate of drug-likeness (QED) is 0.298.